The molecule has 0 saturated carbocycles. The lowest BCUT2D eigenvalue weighted by molar-refractivity contribution is 0.552. The van der Waals surface area contributed by atoms with Crippen LogP contribution in [-0.4, -0.2) is 23.1 Å². The van der Waals surface area contributed by atoms with E-state index in [2.05, 4.69) is 15.6 Å². The second-order valence-corrected chi connectivity index (χ2v) is 6.83. The molecule has 2 N–H and O–H groups in total. The first-order valence-electron chi connectivity index (χ1n) is 7.91. The molecule has 1 atom stereocenters. The summed E-state index contributed by atoms with van der Waals surface area (Å²) in [5, 5.41) is 8.63. The Bertz CT molecular complexity index is 790. The molecule has 0 fully saturated rings. The highest BCUT2D eigenvalue weighted by molar-refractivity contribution is 7.13. The van der Waals surface area contributed by atoms with Crippen LogP contribution in [-0.2, 0) is 0 Å². The highest BCUT2D eigenvalue weighted by Crippen LogP contribution is 2.29. The van der Waals surface area contributed by atoms with Crippen molar-refractivity contribution in [3.63, 3.8) is 0 Å². The van der Waals surface area contributed by atoms with Crippen LogP contribution < -0.4 is 16.2 Å². The molecule has 3 rings (SSSR count). The number of hydrogen-bond donors (Lipinski definition) is 2. The smallest absolute Gasteiger partial charge is 0.261 e. The lowest BCUT2D eigenvalue weighted by atomic mass is 10.1. The van der Waals surface area contributed by atoms with Gasteiger partial charge in [0, 0.05) is 22.2 Å². The number of aliphatic imine (C=N–C) groups is 1. The Balaban J connectivity index is 2.23. The Morgan fingerprint density at radius 3 is 2.83 bits per heavy atom. The number of anilines is 1. The van der Waals surface area contributed by atoms with Crippen molar-refractivity contribution in [3.8, 4) is 10.4 Å². The van der Waals surface area contributed by atoms with Crippen LogP contribution in [0, 0.1) is 0 Å². The van der Waals surface area contributed by atoms with Gasteiger partial charge in [-0.25, -0.2) is 4.99 Å². The van der Waals surface area contributed by atoms with Crippen molar-refractivity contribution in [1.29, 1.82) is 0 Å². The topological polar surface area (TPSA) is 58.4 Å². The summed E-state index contributed by atoms with van der Waals surface area (Å²) in [6, 6.07) is 6.00. The van der Waals surface area contributed by atoms with Gasteiger partial charge in [0.25, 0.3) is 5.56 Å². The summed E-state index contributed by atoms with van der Waals surface area (Å²) in [5.41, 5.74) is 2.72. The fourth-order valence-electron chi connectivity index (χ4n) is 2.87. The second-order valence-electron chi connectivity index (χ2n) is 5.89. The molecule has 0 bridgehead atoms. The Morgan fingerprint density at radius 1 is 1.43 bits per heavy atom. The number of rotatable bonds is 4. The number of pyridine rings is 1. The predicted molar refractivity (Wildman–Crippen MR) is 97.7 cm³/mol. The molecule has 6 heteroatoms. The van der Waals surface area contributed by atoms with Crippen LogP contribution in [0.15, 0.2) is 33.4 Å². The SMILES string of the molecule is CCNC1N=C(C)c2cc(-c3cccs3)c(=O)n(C(C)C)c2N1. The van der Waals surface area contributed by atoms with Gasteiger partial charge < -0.3 is 5.32 Å². The minimum atomic E-state index is -0.190. The fraction of sp³-hybridized carbons (Fsp3) is 0.412. The number of fused-ring (bicyclic) bond motifs is 1. The lowest BCUT2D eigenvalue weighted by Crippen LogP contribution is -2.41. The van der Waals surface area contributed by atoms with Gasteiger partial charge in [0.2, 0.25) is 0 Å². The summed E-state index contributed by atoms with van der Waals surface area (Å²) < 4.78 is 1.84. The molecular formula is C17H22N4OS. The minimum absolute atomic E-state index is 0.0404. The third-order valence-corrected chi connectivity index (χ3v) is 4.82. The predicted octanol–water partition coefficient (Wildman–Crippen LogP) is 3.29. The summed E-state index contributed by atoms with van der Waals surface area (Å²) in [6.45, 7) is 8.91. The average Bonchev–Trinajstić information content (AvgIpc) is 3.00. The molecule has 122 valence electrons. The van der Waals surface area contributed by atoms with Crippen molar-refractivity contribution < 1.29 is 0 Å². The first kappa shape index (κ1) is 16.0. The van der Waals surface area contributed by atoms with E-state index in [0.717, 1.165) is 34.1 Å². The normalized spacial score (nSPS) is 16.9. The zero-order chi connectivity index (χ0) is 16.6. The van der Waals surface area contributed by atoms with Gasteiger partial charge in [-0.3, -0.25) is 14.7 Å². The highest BCUT2D eigenvalue weighted by atomic mass is 32.1. The van der Waals surface area contributed by atoms with E-state index in [-0.39, 0.29) is 17.9 Å². The molecular weight excluding hydrogens is 308 g/mol. The van der Waals surface area contributed by atoms with E-state index < -0.39 is 0 Å². The van der Waals surface area contributed by atoms with Crippen LogP contribution in [0.1, 0.15) is 39.3 Å². The molecule has 3 heterocycles. The molecule has 0 aromatic carbocycles. The monoisotopic (exact) mass is 330 g/mol. The van der Waals surface area contributed by atoms with E-state index in [1.54, 1.807) is 11.3 Å². The summed E-state index contributed by atoms with van der Waals surface area (Å²) in [4.78, 5) is 18.7. The van der Waals surface area contributed by atoms with Crippen molar-refractivity contribution in [2.75, 3.05) is 11.9 Å². The molecule has 1 aliphatic heterocycles. The Kier molecular flexibility index (Phi) is 4.37. The summed E-state index contributed by atoms with van der Waals surface area (Å²) in [7, 11) is 0. The van der Waals surface area contributed by atoms with E-state index in [1.807, 2.05) is 55.8 Å². The summed E-state index contributed by atoms with van der Waals surface area (Å²) in [5.74, 6) is 0.851. The summed E-state index contributed by atoms with van der Waals surface area (Å²) >= 11 is 1.59. The minimum Gasteiger partial charge on any atom is -0.337 e. The van der Waals surface area contributed by atoms with Gasteiger partial charge in [0.1, 0.15) is 5.82 Å². The Labute approximate surface area is 140 Å². The Morgan fingerprint density at radius 2 is 2.22 bits per heavy atom. The van der Waals surface area contributed by atoms with Crippen molar-refractivity contribution in [2.45, 2.75) is 40.0 Å². The van der Waals surface area contributed by atoms with Gasteiger partial charge in [-0.2, -0.15) is 0 Å². The molecule has 0 amide bonds. The summed E-state index contributed by atoms with van der Waals surface area (Å²) in [6.07, 6.45) is -0.190. The molecule has 1 aliphatic rings. The first-order valence-corrected chi connectivity index (χ1v) is 8.79. The maximum absolute atomic E-state index is 13.0. The van der Waals surface area contributed by atoms with Gasteiger partial charge >= 0.3 is 0 Å². The number of thiophene rings is 1. The molecule has 2 aromatic rings. The number of nitrogens with zero attached hydrogens (tertiary/aromatic N) is 2. The van der Waals surface area contributed by atoms with Gasteiger partial charge in [-0.1, -0.05) is 13.0 Å². The molecule has 0 spiro atoms. The van der Waals surface area contributed by atoms with Gasteiger partial charge in [-0.15, -0.1) is 11.3 Å². The van der Waals surface area contributed by atoms with Crippen LogP contribution in [0.4, 0.5) is 5.82 Å². The zero-order valence-electron chi connectivity index (χ0n) is 13.9. The van der Waals surface area contributed by atoms with Crippen molar-refractivity contribution in [3.05, 3.63) is 39.5 Å². The van der Waals surface area contributed by atoms with E-state index >= 15 is 0 Å². The van der Waals surface area contributed by atoms with Crippen molar-refractivity contribution in [2.24, 2.45) is 4.99 Å². The Hall–Kier alpha value is -1.92. The number of hydrogen-bond acceptors (Lipinski definition) is 5. The van der Waals surface area contributed by atoms with Gasteiger partial charge in [0.15, 0.2) is 6.29 Å². The number of nitrogens with one attached hydrogen (secondary N) is 2. The lowest BCUT2D eigenvalue weighted by Gasteiger charge is -2.29. The first-order chi connectivity index (χ1) is 11.0. The fourth-order valence-corrected chi connectivity index (χ4v) is 3.61. The molecule has 0 radical (unpaired) electrons. The van der Waals surface area contributed by atoms with E-state index in [9.17, 15) is 4.79 Å². The van der Waals surface area contributed by atoms with Crippen molar-refractivity contribution >= 4 is 22.9 Å². The standard InChI is InChI=1S/C17H22N4OS/c1-5-18-17-19-11(4)12-9-13(14-7-6-8-23-14)16(22)21(10(2)3)15(12)20-17/h6-10,17-18,20H,5H2,1-4H3. The molecule has 2 aromatic heterocycles. The largest absolute Gasteiger partial charge is 0.337 e. The third-order valence-electron chi connectivity index (χ3n) is 3.92. The number of aromatic nitrogens is 1. The third kappa shape index (κ3) is 2.84. The van der Waals surface area contributed by atoms with Crippen LogP contribution in [0.25, 0.3) is 10.4 Å². The van der Waals surface area contributed by atoms with Gasteiger partial charge in [-0.05, 0) is 44.8 Å². The molecule has 1 unspecified atom stereocenters. The quantitative estimate of drug-likeness (QED) is 0.904. The zero-order valence-corrected chi connectivity index (χ0v) is 14.7. The van der Waals surface area contributed by atoms with Crippen LogP contribution in [0.3, 0.4) is 0 Å². The molecule has 23 heavy (non-hydrogen) atoms. The van der Waals surface area contributed by atoms with Crippen LogP contribution in [0.2, 0.25) is 0 Å². The van der Waals surface area contributed by atoms with E-state index in [0.29, 0.717) is 0 Å². The van der Waals surface area contributed by atoms with Crippen LogP contribution >= 0.6 is 11.3 Å². The van der Waals surface area contributed by atoms with E-state index in [4.69, 9.17) is 0 Å². The van der Waals surface area contributed by atoms with Gasteiger partial charge in [0.05, 0.1) is 5.56 Å². The molecule has 5 nitrogen and oxygen atoms in total. The molecule has 0 aliphatic carbocycles. The van der Waals surface area contributed by atoms with Crippen LogP contribution in [0.5, 0.6) is 0 Å². The average molecular weight is 330 g/mol. The maximum Gasteiger partial charge on any atom is 0.261 e. The maximum atomic E-state index is 13.0. The van der Waals surface area contributed by atoms with E-state index in [1.165, 1.54) is 0 Å². The highest BCUT2D eigenvalue weighted by Gasteiger charge is 2.24. The molecule has 0 saturated heterocycles. The second kappa shape index (κ2) is 6.29. The van der Waals surface area contributed by atoms with Crippen molar-refractivity contribution in [1.82, 2.24) is 9.88 Å².